The second kappa shape index (κ2) is 5.31. The molecular weight excluding hydrogens is 235 g/mol. The topological polar surface area (TPSA) is 73.1 Å². The fraction of sp³-hybridized carbons (Fsp3) is 0.167. The van der Waals surface area contributed by atoms with Crippen molar-refractivity contribution in [3.63, 3.8) is 0 Å². The molecule has 1 aromatic heterocycles. The number of hydrogen-bond acceptors (Lipinski definition) is 5. The van der Waals surface area contributed by atoms with Gasteiger partial charge in [-0.15, -0.1) is 0 Å². The van der Waals surface area contributed by atoms with Crippen molar-refractivity contribution in [2.75, 3.05) is 17.7 Å². The lowest BCUT2D eigenvalue weighted by atomic mass is 10.3. The van der Waals surface area contributed by atoms with Gasteiger partial charge >= 0.3 is 0 Å². The van der Waals surface area contributed by atoms with Crippen LogP contribution in [0.15, 0.2) is 30.6 Å². The van der Waals surface area contributed by atoms with Crippen LogP contribution in [0.5, 0.6) is 5.75 Å². The van der Waals surface area contributed by atoms with Gasteiger partial charge in [0, 0.05) is 17.8 Å². The highest BCUT2D eigenvalue weighted by atomic mass is 19.1. The van der Waals surface area contributed by atoms with Crippen LogP contribution in [-0.4, -0.2) is 16.6 Å². The number of rotatable bonds is 4. The first-order valence-electron chi connectivity index (χ1n) is 5.46. The number of benzene rings is 1. The van der Waals surface area contributed by atoms with E-state index in [2.05, 4.69) is 15.3 Å². The number of nitrogens with zero attached hydrogens (tertiary/aromatic N) is 2. The maximum absolute atomic E-state index is 13.6. The average Bonchev–Trinajstić information content (AvgIpc) is 2.33. The Bertz CT molecular complexity index is 547. The smallest absolute Gasteiger partial charge is 0.167 e. The predicted octanol–water partition coefficient (Wildman–Crippen LogP) is 2.34. The Balaban J connectivity index is 2.17. The van der Waals surface area contributed by atoms with Crippen molar-refractivity contribution in [1.82, 2.24) is 9.97 Å². The van der Waals surface area contributed by atoms with E-state index in [1.807, 2.05) is 0 Å². The summed E-state index contributed by atoms with van der Waals surface area (Å²) in [4.78, 5) is 7.74. The van der Waals surface area contributed by atoms with E-state index < -0.39 is 5.82 Å². The second-order valence-electron chi connectivity index (χ2n) is 3.53. The molecule has 0 bridgehead atoms. The minimum absolute atomic E-state index is 0.227. The normalized spacial score (nSPS) is 10.1. The average molecular weight is 248 g/mol. The molecule has 0 unspecified atom stereocenters. The van der Waals surface area contributed by atoms with Crippen LogP contribution in [-0.2, 0) is 0 Å². The Kier molecular flexibility index (Phi) is 3.57. The minimum Gasteiger partial charge on any atom is -0.491 e. The standard InChI is InChI=1S/C12H13FN4O/c1-2-18-10-4-3-8(5-9(10)13)17-12-6-11(14)15-7-16-12/h3-7H,2H2,1H3,(H3,14,15,16,17). The van der Waals surface area contributed by atoms with Gasteiger partial charge in [0.25, 0.3) is 0 Å². The minimum atomic E-state index is -0.427. The summed E-state index contributed by atoms with van der Waals surface area (Å²) in [5, 5.41) is 2.93. The number of ether oxygens (including phenoxy) is 1. The van der Waals surface area contributed by atoms with Gasteiger partial charge in [-0.25, -0.2) is 14.4 Å². The Morgan fingerprint density at radius 1 is 1.33 bits per heavy atom. The van der Waals surface area contributed by atoms with Crippen molar-refractivity contribution >= 4 is 17.3 Å². The second-order valence-corrected chi connectivity index (χ2v) is 3.53. The molecule has 94 valence electrons. The number of halogens is 1. The fourth-order valence-electron chi connectivity index (χ4n) is 1.44. The van der Waals surface area contributed by atoms with Gasteiger partial charge in [-0.1, -0.05) is 0 Å². The first-order valence-corrected chi connectivity index (χ1v) is 5.46. The van der Waals surface area contributed by atoms with E-state index in [-0.39, 0.29) is 5.75 Å². The Morgan fingerprint density at radius 3 is 2.83 bits per heavy atom. The van der Waals surface area contributed by atoms with Gasteiger partial charge in [0.15, 0.2) is 11.6 Å². The van der Waals surface area contributed by atoms with E-state index in [1.54, 1.807) is 25.1 Å². The summed E-state index contributed by atoms with van der Waals surface area (Å²) in [6.07, 6.45) is 1.34. The molecule has 0 radical (unpaired) electrons. The van der Waals surface area contributed by atoms with Gasteiger partial charge in [-0.05, 0) is 19.1 Å². The molecular formula is C12H13FN4O. The van der Waals surface area contributed by atoms with E-state index in [0.29, 0.717) is 23.9 Å². The molecule has 1 aromatic carbocycles. The van der Waals surface area contributed by atoms with Crippen molar-refractivity contribution in [3.8, 4) is 5.75 Å². The highest BCUT2D eigenvalue weighted by Crippen LogP contribution is 2.23. The molecule has 0 aliphatic heterocycles. The first kappa shape index (κ1) is 12.1. The van der Waals surface area contributed by atoms with Crippen LogP contribution < -0.4 is 15.8 Å². The Labute approximate surface area is 104 Å². The molecule has 0 atom stereocenters. The highest BCUT2D eigenvalue weighted by molar-refractivity contribution is 5.59. The molecule has 0 amide bonds. The van der Waals surface area contributed by atoms with Gasteiger partial charge in [0.1, 0.15) is 18.0 Å². The Hall–Kier alpha value is -2.37. The summed E-state index contributed by atoms with van der Waals surface area (Å²) >= 11 is 0. The largest absolute Gasteiger partial charge is 0.491 e. The van der Waals surface area contributed by atoms with E-state index in [0.717, 1.165) is 0 Å². The first-order chi connectivity index (χ1) is 8.69. The number of anilines is 3. The van der Waals surface area contributed by atoms with Crippen LogP contribution in [0, 0.1) is 5.82 Å². The molecule has 0 spiro atoms. The predicted molar refractivity (Wildman–Crippen MR) is 67.3 cm³/mol. The lowest BCUT2D eigenvalue weighted by Gasteiger charge is -2.08. The van der Waals surface area contributed by atoms with E-state index in [4.69, 9.17) is 10.5 Å². The Morgan fingerprint density at radius 2 is 2.17 bits per heavy atom. The monoisotopic (exact) mass is 248 g/mol. The van der Waals surface area contributed by atoms with Gasteiger partial charge in [-0.3, -0.25) is 0 Å². The quantitative estimate of drug-likeness (QED) is 0.868. The molecule has 0 aliphatic rings. The van der Waals surface area contributed by atoms with E-state index in [9.17, 15) is 4.39 Å². The number of nitrogen functional groups attached to an aromatic ring is 1. The molecule has 0 saturated carbocycles. The highest BCUT2D eigenvalue weighted by Gasteiger charge is 2.05. The molecule has 0 fully saturated rings. The summed E-state index contributed by atoms with van der Waals surface area (Å²) < 4.78 is 18.7. The summed E-state index contributed by atoms with van der Waals surface area (Å²) in [6.45, 7) is 2.22. The van der Waals surface area contributed by atoms with Gasteiger partial charge in [-0.2, -0.15) is 0 Å². The van der Waals surface area contributed by atoms with Gasteiger partial charge < -0.3 is 15.8 Å². The molecule has 0 aliphatic carbocycles. The fourth-order valence-corrected chi connectivity index (χ4v) is 1.44. The van der Waals surface area contributed by atoms with Gasteiger partial charge in [0.05, 0.1) is 6.61 Å². The van der Waals surface area contributed by atoms with Crippen LogP contribution >= 0.6 is 0 Å². The van der Waals surface area contributed by atoms with Crippen molar-refractivity contribution in [1.29, 1.82) is 0 Å². The van der Waals surface area contributed by atoms with Gasteiger partial charge in [0.2, 0.25) is 0 Å². The number of aromatic nitrogens is 2. The molecule has 6 heteroatoms. The van der Waals surface area contributed by atoms with E-state index >= 15 is 0 Å². The zero-order valence-corrected chi connectivity index (χ0v) is 9.85. The van der Waals surface area contributed by atoms with Crippen molar-refractivity contribution < 1.29 is 9.13 Å². The maximum Gasteiger partial charge on any atom is 0.167 e. The lowest BCUT2D eigenvalue weighted by Crippen LogP contribution is -1.99. The summed E-state index contributed by atoms with van der Waals surface area (Å²) in [5.41, 5.74) is 6.08. The molecule has 2 aromatic rings. The molecule has 5 nitrogen and oxygen atoms in total. The summed E-state index contributed by atoms with van der Waals surface area (Å²) in [5.74, 6) is 0.652. The maximum atomic E-state index is 13.6. The van der Waals surface area contributed by atoms with Crippen LogP contribution in [0.4, 0.5) is 21.7 Å². The van der Waals surface area contributed by atoms with Crippen molar-refractivity contribution in [3.05, 3.63) is 36.4 Å². The SMILES string of the molecule is CCOc1ccc(Nc2cc(N)ncn2)cc1F. The molecule has 0 saturated heterocycles. The molecule has 3 N–H and O–H groups in total. The lowest BCUT2D eigenvalue weighted by molar-refractivity contribution is 0.321. The van der Waals surface area contributed by atoms with Crippen molar-refractivity contribution in [2.24, 2.45) is 0 Å². The zero-order chi connectivity index (χ0) is 13.0. The van der Waals surface area contributed by atoms with Crippen LogP contribution in [0.1, 0.15) is 6.92 Å². The molecule has 1 heterocycles. The van der Waals surface area contributed by atoms with Crippen LogP contribution in [0.2, 0.25) is 0 Å². The summed E-state index contributed by atoms with van der Waals surface area (Å²) in [7, 11) is 0. The number of nitrogens with two attached hydrogens (primary N) is 1. The number of nitrogens with one attached hydrogen (secondary N) is 1. The zero-order valence-electron chi connectivity index (χ0n) is 9.85. The van der Waals surface area contributed by atoms with Crippen molar-refractivity contribution in [2.45, 2.75) is 6.92 Å². The van der Waals surface area contributed by atoms with Crippen LogP contribution in [0.25, 0.3) is 0 Å². The molecule has 18 heavy (non-hydrogen) atoms. The number of hydrogen-bond donors (Lipinski definition) is 2. The van der Waals surface area contributed by atoms with Crippen LogP contribution in [0.3, 0.4) is 0 Å². The van der Waals surface area contributed by atoms with E-state index in [1.165, 1.54) is 12.4 Å². The third-order valence-electron chi connectivity index (χ3n) is 2.19. The third kappa shape index (κ3) is 2.85. The molecule has 2 rings (SSSR count). The third-order valence-corrected chi connectivity index (χ3v) is 2.19. The summed E-state index contributed by atoms with van der Waals surface area (Å²) in [6, 6.07) is 6.16.